The van der Waals surface area contributed by atoms with Gasteiger partial charge in [-0.15, -0.1) is 0 Å². The van der Waals surface area contributed by atoms with Gasteiger partial charge in [-0.05, 0) is 72.8 Å². The molecule has 1 aromatic carbocycles. The van der Waals surface area contributed by atoms with E-state index in [-0.39, 0.29) is 5.92 Å². The van der Waals surface area contributed by atoms with Crippen LogP contribution in [0.4, 0.5) is 0 Å². The fourth-order valence-electron chi connectivity index (χ4n) is 7.50. The fraction of sp³-hybridized carbons (Fsp3) is 0.708. The number of fused-ring (bicyclic) bond motifs is 7. The minimum absolute atomic E-state index is 0.240. The number of ether oxygens (including phenoxy) is 3. The van der Waals surface area contributed by atoms with Gasteiger partial charge in [-0.1, -0.05) is 20.3 Å². The smallest absolute Gasteiger partial charge is 0.204 e. The van der Waals surface area contributed by atoms with Gasteiger partial charge in [0.25, 0.3) is 0 Å². The van der Waals surface area contributed by atoms with Crippen molar-refractivity contribution in [2.45, 2.75) is 58.3 Å². The monoisotopic (exact) mass is 384 g/mol. The molecule has 1 unspecified atom stereocenters. The predicted octanol–water partition coefficient (Wildman–Crippen LogP) is 4.77. The largest absolute Gasteiger partial charge is 0.493 e. The zero-order valence-electron chi connectivity index (χ0n) is 17.3. The van der Waals surface area contributed by atoms with Crippen LogP contribution >= 0.6 is 0 Å². The molecule has 0 N–H and O–H groups in total. The van der Waals surface area contributed by atoms with Crippen LogP contribution in [0.1, 0.15) is 63.0 Å². The number of benzene rings is 1. The summed E-state index contributed by atoms with van der Waals surface area (Å²) >= 11 is 0. The van der Waals surface area contributed by atoms with Crippen molar-refractivity contribution in [2.75, 3.05) is 20.3 Å². The van der Waals surface area contributed by atoms with Crippen molar-refractivity contribution in [1.29, 1.82) is 0 Å². The van der Waals surface area contributed by atoms with Gasteiger partial charge in [-0.3, -0.25) is 0 Å². The molecule has 4 aliphatic rings. The fourth-order valence-corrected chi connectivity index (χ4v) is 7.50. The van der Waals surface area contributed by atoms with E-state index >= 15 is 0 Å². The van der Waals surface area contributed by atoms with Gasteiger partial charge in [0, 0.05) is 11.5 Å². The second kappa shape index (κ2) is 6.67. The van der Waals surface area contributed by atoms with Gasteiger partial charge in [-0.25, -0.2) is 0 Å². The molecule has 4 heteroatoms. The summed E-state index contributed by atoms with van der Waals surface area (Å²) in [6.45, 7) is 5.93. The highest BCUT2D eigenvalue weighted by atomic mass is 16.6. The van der Waals surface area contributed by atoms with Crippen molar-refractivity contribution in [3.05, 3.63) is 17.2 Å². The zero-order valence-corrected chi connectivity index (χ0v) is 17.3. The Kier molecular flexibility index (Phi) is 4.37. The molecule has 6 atom stereocenters. The molecule has 0 radical (unpaired) electrons. The molecule has 0 amide bonds. The summed E-state index contributed by atoms with van der Waals surface area (Å²) in [6.07, 6.45) is 8.13. The van der Waals surface area contributed by atoms with Gasteiger partial charge in [0.2, 0.25) is 5.75 Å². The van der Waals surface area contributed by atoms with Crippen molar-refractivity contribution < 1.29 is 19.0 Å². The first-order chi connectivity index (χ1) is 13.6. The molecule has 3 aliphatic carbocycles. The Bertz CT molecular complexity index is 787. The summed E-state index contributed by atoms with van der Waals surface area (Å²) in [4.78, 5) is 11.8. The third-order valence-corrected chi connectivity index (χ3v) is 8.62. The Balaban J connectivity index is 1.57. The summed E-state index contributed by atoms with van der Waals surface area (Å²) in [7, 11) is 1.71. The number of rotatable bonds is 3. The summed E-state index contributed by atoms with van der Waals surface area (Å²) in [5.74, 6) is 5.13. The lowest BCUT2D eigenvalue weighted by atomic mass is 9.54. The molecule has 1 aliphatic heterocycles. The Hall–Kier alpha value is -1.71. The lowest BCUT2D eigenvalue weighted by Crippen LogP contribution is -2.42. The van der Waals surface area contributed by atoms with Crippen molar-refractivity contribution in [2.24, 2.45) is 29.1 Å². The number of hydrogen-bond donors (Lipinski definition) is 0. The van der Waals surface area contributed by atoms with Crippen LogP contribution in [0, 0.1) is 29.1 Å². The lowest BCUT2D eigenvalue weighted by Gasteiger charge is -2.51. The number of hydrogen-bond acceptors (Lipinski definition) is 4. The molecule has 28 heavy (non-hydrogen) atoms. The lowest BCUT2D eigenvalue weighted by molar-refractivity contribution is -0.112. The maximum Gasteiger partial charge on any atom is 0.204 e. The van der Waals surface area contributed by atoms with Crippen LogP contribution in [0.5, 0.6) is 17.2 Å². The molecule has 0 bridgehead atoms. The number of aryl methyl sites for hydroxylation is 1. The van der Waals surface area contributed by atoms with E-state index in [0.29, 0.717) is 42.3 Å². The summed E-state index contributed by atoms with van der Waals surface area (Å²) < 4.78 is 17.8. The molecule has 0 spiro atoms. The van der Waals surface area contributed by atoms with Crippen LogP contribution in [-0.2, 0) is 11.2 Å². The molecule has 0 saturated heterocycles. The molecule has 1 heterocycles. The van der Waals surface area contributed by atoms with Crippen molar-refractivity contribution in [3.8, 4) is 17.2 Å². The number of carbonyl (C=O) groups is 1. The highest BCUT2D eigenvalue weighted by Crippen LogP contribution is 2.66. The van der Waals surface area contributed by atoms with E-state index in [9.17, 15) is 4.79 Å². The van der Waals surface area contributed by atoms with E-state index in [1.54, 1.807) is 7.11 Å². The van der Waals surface area contributed by atoms with Gasteiger partial charge >= 0.3 is 0 Å². The molecule has 2 saturated carbocycles. The first-order valence-electron chi connectivity index (χ1n) is 11.1. The number of methoxy groups -OCH3 is 1. The van der Waals surface area contributed by atoms with Gasteiger partial charge in [-0.2, -0.15) is 0 Å². The normalized spacial score (nSPS) is 38.2. The first kappa shape index (κ1) is 18.3. The minimum Gasteiger partial charge on any atom is -0.493 e. The van der Waals surface area contributed by atoms with E-state index in [2.05, 4.69) is 19.9 Å². The minimum atomic E-state index is 0.240. The number of carbonyl (C=O) groups excluding carboxylic acids is 1. The Morgan fingerprint density at radius 3 is 2.75 bits per heavy atom. The SMILES string of the molecule is CC[C@H]1C(C=O)C[C@H]2[C@@H]3CCc4cc(OC)c5c(c4[C@H]3CC[C@]12C)OCCO5. The topological polar surface area (TPSA) is 44.8 Å². The van der Waals surface area contributed by atoms with Crippen LogP contribution < -0.4 is 14.2 Å². The summed E-state index contributed by atoms with van der Waals surface area (Å²) in [6, 6.07) is 2.19. The second-order valence-electron chi connectivity index (χ2n) is 9.52. The van der Waals surface area contributed by atoms with E-state index in [0.717, 1.165) is 36.5 Å². The van der Waals surface area contributed by atoms with E-state index < -0.39 is 0 Å². The standard InChI is InChI=1S/C24H32O4/c1-4-18-15(13-25)11-19-16-6-5-14-12-20(26-3)22-23(28-10-9-27-22)21(14)17(16)7-8-24(18,19)2/h12-13,15-19H,4-11H2,1-3H3/t15?,16-,17+,18+,19+,24-/m1/s1. The molecular formula is C24H32O4. The second-order valence-corrected chi connectivity index (χ2v) is 9.52. The highest BCUT2D eigenvalue weighted by Gasteiger charge is 2.58. The number of aldehydes is 1. The summed E-state index contributed by atoms with van der Waals surface area (Å²) in [5.41, 5.74) is 3.07. The zero-order chi connectivity index (χ0) is 19.5. The van der Waals surface area contributed by atoms with Crippen LogP contribution in [0.2, 0.25) is 0 Å². The van der Waals surface area contributed by atoms with Crippen LogP contribution in [0.3, 0.4) is 0 Å². The third kappa shape index (κ3) is 2.39. The predicted molar refractivity (Wildman–Crippen MR) is 107 cm³/mol. The Labute approximate surface area is 167 Å². The first-order valence-corrected chi connectivity index (χ1v) is 11.1. The highest BCUT2D eigenvalue weighted by molar-refractivity contribution is 5.62. The molecular weight excluding hydrogens is 352 g/mol. The van der Waals surface area contributed by atoms with E-state index in [4.69, 9.17) is 14.2 Å². The third-order valence-electron chi connectivity index (χ3n) is 8.62. The van der Waals surface area contributed by atoms with Crippen LogP contribution in [-0.4, -0.2) is 26.6 Å². The maximum absolute atomic E-state index is 11.8. The van der Waals surface area contributed by atoms with Crippen molar-refractivity contribution in [3.63, 3.8) is 0 Å². The van der Waals surface area contributed by atoms with E-state index in [1.807, 2.05) is 0 Å². The van der Waals surface area contributed by atoms with Crippen molar-refractivity contribution in [1.82, 2.24) is 0 Å². The Morgan fingerprint density at radius 2 is 2.04 bits per heavy atom. The van der Waals surface area contributed by atoms with Crippen LogP contribution in [0.15, 0.2) is 6.07 Å². The van der Waals surface area contributed by atoms with Gasteiger partial charge in [0.05, 0.1) is 7.11 Å². The molecule has 2 fully saturated rings. The molecule has 0 aromatic heterocycles. The van der Waals surface area contributed by atoms with E-state index in [1.165, 1.54) is 36.7 Å². The van der Waals surface area contributed by atoms with Gasteiger partial charge in [0.1, 0.15) is 19.5 Å². The van der Waals surface area contributed by atoms with Gasteiger partial charge in [0.15, 0.2) is 11.5 Å². The molecule has 5 rings (SSSR count). The quantitative estimate of drug-likeness (QED) is 0.704. The molecule has 1 aromatic rings. The van der Waals surface area contributed by atoms with Crippen LogP contribution in [0.25, 0.3) is 0 Å². The average Bonchev–Trinajstić information content (AvgIpc) is 3.04. The average molecular weight is 385 g/mol. The van der Waals surface area contributed by atoms with Gasteiger partial charge < -0.3 is 19.0 Å². The summed E-state index contributed by atoms with van der Waals surface area (Å²) in [5, 5.41) is 0. The Morgan fingerprint density at radius 1 is 1.25 bits per heavy atom. The maximum atomic E-state index is 11.8. The molecule has 4 nitrogen and oxygen atoms in total. The molecule has 152 valence electrons. The van der Waals surface area contributed by atoms with Crippen molar-refractivity contribution >= 4 is 6.29 Å².